The Labute approximate surface area is 191 Å². The van der Waals surface area contributed by atoms with Crippen LogP contribution in [0.5, 0.6) is 0 Å². The second-order valence-corrected chi connectivity index (χ2v) is 8.03. The molecule has 3 heteroatoms. The van der Waals surface area contributed by atoms with Gasteiger partial charge in [-0.25, -0.2) is 0 Å². The van der Waals surface area contributed by atoms with Crippen LogP contribution in [0, 0.1) is 11.3 Å². The Kier molecular flexibility index (Phi) is 4.49. The Bertz CT molecular complexity index is 1610. The smallest absolute Gasteiger partial charge is 0.101 e. The number of benzene rings is 4. The van der Waals surface area contributed by atoms with Crippen LogP contribution in [0.1, 0.15) is 5.56 Å². The molecule has 0 amide bonds. The summed E-state index contributed by atoms with van der Waals surface area (Å²) in [4.78, 5) is 4.06. The fourth-order valence-electron chi connectivity index (χ4n) is 4.60. The van der Waals surface area contributed by atoms with Gasteiger partial charge < -0.3 is 4.57 Å². The predicted octanol–water partition coefficient (Wildman–Crippen LogP) is 7.38. The highest BCUT2D eigenvalue weighted by atomic mass is 15.0. The average Bonchev–Trinajstić information content (AvgIpc) is 3.23. The predicted molar refractivity (Wildman–Crippen MR) is 134 cm³/mol. The van der Waals surface area contributed by atoms with E-state index in [0.717, 1.165) is 27.9 Å². The first-order valence-electron chi connectivity index (χ1n) is 10.9. The molecule has 33 heavy (non-hydrogen) atoms. The van der Waals surface area contributed by atoms with Crippen molar-refractivity contribution in [1.29, 1.82) is 5.26 Å². The van der Waals surface area contributed by atoms with Gasteiger partial charge in [-0.2, -0.15) is 5.26 Å². The normalized spacial score (nSPS) is 11.0. The van der Waals surface area contributed by atoms with Crippen LogP contribution >= 0.6 is 0 Å². The highest BCUT2D eigenvalue weighted by Gasteiger charge is 2.12. The van der Waals surface area contributed by atoms with E-state index >= 15 is 0 Å². The van der Waals surface area contributed by atoms with Gasteiger partial charge in [0.25, 0.3) is 0 Å². The van der Waals surface area contributed by atoms with E-state index in [0.29, 0.717) is 5.56 Å². The van der Waals surface area contributed by atoms with Gasteiger partial charge in [-0.15, -0.1) is 0 Å². The van der Waals surface area contributed by atoms with Crippen LogP contribution in [-0.4, -0.2) is 9.55 Å². The van der Waals surface area contributed by atoms with E-state index in [9.17, 15) is 5.26 Å². The number of aromatic nitrogens is 2. The second kappa shape index (κ2) is 7.78. The molecule has 0 spiro atoms. The SMILES string of the molecule is N#Cc1cnccc1-c1ccc(-c2cccc(-n3c4ccccc4c4ccccc43)c2)cc1. The Morgan fingerprint density at radius 3 is 2.00 bits per heavy atom. The molecule has 0 N–H and O–H groups in total. The highest BCUT2D eigenvalue weighted by molar-refractivity contribution is 6.09. The van der Waals surface area contributed by atoms with E-state index in [2.05, 4.69) is 113 Å². The molecule has 0 radical (unpaired) electrons. The summed E-state index contributed by atoms with van der Waals surface area (Å²) in [6.07, 6.45) is 3.33. The zero-order valence-electron chi connectivity index (χ0n) is 17.8. The van der Waals surface area contributed by atoms with E-state index in [1.54, 1.807) is 12.4 Å². The molecule has 2 aromatic heterocycles. The molecule has 0 aliphatic heterocycles. The first-order chi connectivity index (χ1) is 16.3. The summed E-state index contributed by atoms with van der Waals surface area (Å²) in [6, 6.07) is 38.2. The highest BCUT2D eigenvalue weighted by Crippen LogP contribution is 2.33. The Hall–Kier alpha value is -4.68. The first-order valence-corrected chi connectivity index (χ1v) is 10.9. The van der Waals surface area contributed by atoms with Crippen LogP contribution in [0.2, 0.25) is 0 Å². The zero-order valence-corrected chi connectivity index (χ0v) is 17.8. The number of nitriles is 1. The van der Waals surface area contributed by atoms with Crippen molar-refractivity contribution >= 4 is 21.8 Å². The number of rotatable bonds is 3. The van der Waals surface area contributed by atoms with Crippen molar-refractivity contribution in [2.45, 2.75) is 0 Å². The number of fused-ring (bicyclic) bond motifs is 3. The number of pyridine rings is 1. The molecular weight excluding hydrogens is 402 g/mol. The third-order valence-corrected chi connectivity index (χ3v) is 6.16. The second-order valence-electron chi connectivity index (χ2n) is 8.03. The topological polar surface area (TPSA) is 41.6 Å². The van der Waals surface area contributed by atoms with Crippen molar-refractivity contribution in [2.75, 3.05) is 0 Å². The summed E-state index contributed by atoms with van der Waals surface area (Å²) >= 11 is 0. The van der Waals surface area contributed by atoms with Crippen molar-refractivity contribution < 1.29 is 0 Å². The summed E-state index contributed by atoms with van der Waals surface area (Å²) in [7, 11) is 0. The zero-order chi connectivity index (χ0) is 22.2. The first kappa shape index (κ1) is 19.0. The molecule has 0 bridgehead atoms. The molecule has 0 fully saturated rings. The van der Waals surface area contributed by atoms with Crippen LogP contribution in [0.4, 0.5) is 0 Å². The number of para-hydroxylation sites is 2. The van der Waals surface area contributed by atoms with Gasteiger partial charge in [0.05, 0.1) is 16.6 Å². The monoisotopic (exact) mass is 421 g/mol. The molecule has 0 atom stereocenters. The van der Waals surface area contributed by atoms with E-state index in [1.165, 1.54) is 21.8 Å². The molecule has 3 nitrogen and oxygen atoms in total. The van der Waals surface area contributed by atoms with Gasteiger partial charge in [-0.1, -0.05) is 72.8 Å². The van der Waals surface area contributed by atoms with Gasteiger partial charge >= 0.3 is 0 Å². The van der Waals surface area contributed by atoms with E-state index in [1.807, 2.05) is 6.07 Å². The summed E-state index contributed by atoms with van der Waals surface area (Å²) in [5, 5.41) is 11.9. The maximum atomic E-state index is 9.39. The quantitative estimate of drug-likeness (QED) is 0.299. The van der Waals surface area contributed by atoms with Crippen molar-refractivity contribution in [3.63, 3.8) is 0 Å². The third kappa shape index (κ3) is 3.17. The van der Waals surface area contributed by atoms with Crippen LogP contribution in [0.25, 0.3) is 49.7 Å². The van der Waals surface area contributed by atoms with Gasteiger partial charge in [0.15, 0.2) is 0 Å². The number of nitrogens with zero attached hydrogens (tertiary/aromatic N) is 3. The van der Waals surface area contributed by atoms with Crippen LogP contribution < -0.4 is 0 Å². The largest absolute Gasteiger partial charge is 0.309 e. The minimum Gasteiger partial charge on any atom is -0.309 e. The molecule has 0 unspecified atom stereocenters. The van der Waals surface area contributed by atoms with Crippen LogP contribution in [-0.2, 0) is 0 Å². The van der Waals surface area contributed by atoms with Gasteiger partial charge in [-0.05, 0) is 47.0 Å². The Morgan fingerprint density at radius 2 is 1.30 bits per heavy atom. The lowest BCUT2D eigenvalue weighted by Gasteiger charge is -2.11. The molecular formula is C30H19N3. The summed E-state index contributed by atoms with van der Waals surface area (Å²) < 4.78 is 2.33. The molecule has 0 saturated heterocycles. The number of hydrogen-bond donors (Lipinski definition) is 0. The van der Waals surface area contributed by atoms with Gasteiger partial charge in [0.1, 0.15) is 6.07 Å². The van der Waals surface area contributed by atoms with Gasteiger partial charge in [0, 0.05) is 34.4 Å². The van der Waals surface area contributed by atoms with E-state index in [-0.39, 0.29) is 0 Å². The lowest BCUT2D eigenvalue weighted by molar-refractivity contribution is 1.18. The third-order valence-electron chi connectivity index (χ3n) is 6.16. The van der Waals surface area contributed by atoms with E-state index < -0.39 is 0 Å². The van der Waals surface area contributed by atoms with Crippen molar-refractivity contribution in [1.82, 2.24) is 9.55 Å². The summed E-state index contributed by atoms with van der Waals surface area (Å²) in [5.74, 6) is 0. The standard InChI is InChI=1S/C30H19N3/c31-19-24-20-32-17-16-26(24)22-14-12-21(13-15-22)23-6-5-7-25(18-23)33-29-10-3-1-8-27(29)28-9-2-4-11-30(28)33/h1-18,20H. The summed E-state index contributed by atoms with van der Waals surface area (Å²) in [6.45, 7) is 0. The fraction of sp³-hybridized carbons (Fsp3) is 0. The Morgan fingerprint density at radius 1 is 0.636 bits per heavy atom. The fourth-order valence-corrected chi connectivity index (χ4v) is 4.60. The lowest BCUT2D eigenvalue weighted by atomic mass is 9.98. The van der Waals surface area contributed by atoms with Crippen LogP contribution in [0.3, 0.4) is 0 Å². The minimum absolute atomic E-state index is 0.582. The maximum Gasteiger partial charge on any atom is 0.101 e. The average molecular weight is 422 g/mol. The van der Waals surface area contributed by atoms with Gasteiger partial charge in [-0.3, -0.25) is 4.98 Å². The molecule has 6 rings (SSSR count). The minimum atomic E-state index is 0.582. The van der Waals surface area contributed by atoms with Crippen molar-refractivity contribution in [3.05, 3.63) is 121 Å². The maximum absolute atomic E-state index is 9.39. The van der Waals surface area contributed by atoms with Crippen molar-refractivity contribution in [2.24, 2.45) is 0 Å². The van der Waals surface area contributed by atoms with Gasteiger partial charge in [0.2, 0.25) is 0 Å². The summed E-state index contributed by atoms with van der Waals surface area (Å²) in [5.41, 5.74) is 8.31. The molecule has 4 aromatic carbocycles. The molecule has 0 saturated carbocycles. The molecule has 2 heterocycles. The van der Waals surface area contributed by atoms with Crippen LogP contribution in [0.15, 0.2) is 116 Å². The van der Waals surface area contributed by atoms with Crippen molar-refractivity contribution in [3.8, 4) is 34.0 Å². The molecule has 154 valence electrons. The molecule has 0 aliphatic carbocycles. The number of hydrogen-bond acceptors (Lipinski definition) is 2. The van der Waals surface area contributed by atoms with E-state index in [4.69, 9.17) is 0 Å². The molecule has 0 aliphatic rings. The lowest BCUT2D eigenvalue weighted by Crippen LogP contribution is -1.94. The molecule has 6 aromatic rings. The Balaban J connectivity index is 1.46.